The molecule has 2 aromatic carbocycles. The number of para-hydroxylation sites is 1. The van der Waals surface area contributed by atoms with E-state index in [4.69, 9.17) is 11.6 Å². The number of aromatic amines is 1. The number of allylic oxidation sites excluding steroid dienone is 2. The number of benzene rings is 2. The van der Waals surface area contributed by atoms with E-state index >= 15 is 0 Å². The van der Waals surface area contributed by atoms with Crippen molar-refractivity contribution in [2.45, 2.75) is 25.3 Å². The van der Waals surface area contributed by atoms with Crippen LogP contribution in [0.2, 0.25) is 5.02 Å². The summed E-state index contributed by atoms with van der Waals surface area (Å²) in [7, 11) is 0. The van der Waals surface area contributed by atoms with Crippen LogP contribution in [-0.4, -0.2) is 27.8 Å². The van der Waals surface area contributed by atoms with E-state index in [1.54, 1.807) is 24.3 Å². The number of carbonyl (C=O) groups is 2. The monoisotopic (exact) mass is 466 g/mol. The Kier molecular flexibility index (Phi) is 7.12. The quantitative estimate of drug-likeness (QED) is 0.492. The predicted octanol–water partition coefficient (Wildman–Crippen LogP) is 4.75. The smallest absolute Gasteiger partial charge is 0.251 e. The van der Waals surface area contributed by atoms with Crippen molar-refractivity contribution in [1.82, 2.24) is 10.3 Å². The molecule has 1 amide bonds. The second-order valence-corrected chi connectivity index (χ2v) is 9.34. The van der Waals surface area contributed by atoms with Gasteiger partial charge in [-0.1, -0.05) is 53.7 Å². The Bertz CT molecular complexity index is 1210. The first-order valence-electron chi connectivity index (χ1n) is 10.5. The topological polar surface area (TPSA) is 79.0 Å². The van der Waals surface area contributed by atoms with Crippen LogP contribution >= 0.6 is 23.4 Å². The van der Waals surface area contributed by atoms with Gasteiger partial charge in [0.1, 0.15) is 6.04 Å². The minimum atomic E-state index is -0.761. The number of rotatable bonds is 7. The summed E-state index contributed by atoms with van der Waals surface area (Å²) in [5.41, 5.74) is 1.61. The standard InChI is InChI=1S/C25H23ClN2O3S/c26-19-11-9-17(10-12-19)24(30)28-22(25(31)32-15-16-5-1-2-6-16)13-18-14-23(29)27-21-8-4-3-7-20(18)21/h1-4,7-12,14,16,22H,5-6,13,15H2,(H,27,29)(H,28,30). The molecule has 2 N–H and O–H groups in total. The number of amides is 1. The third-order valence-electron chi connectivity index (χ3n) is 5.52. The van der Waals surface area contributed by atoms with Gasteiger partial charge in [-0.15, -0.1) is 0 Å². The van der Waals surface area contributed by atoms with Crippen LogP contribution in [0.5, 0.6) is 0 Å². The summed E-state index contributed by atoms with van der Waals surface area (Å²) in [6.07, 6.45) is 6.45. The van der Waals surface area contributed by atoms with E-state index < -0.39 is 6.04 Å². The fraction of sp³-hybridized carbons (Fsp3) is 0.240. The van der Waals surface area contributed by atoms with Crippen molar-refractivity contribution in [3.05, 3.63) is 93.3 Å². The summed E-state index contributed by atoms with van der Waals surface area (Å²) < 4.78 is 0. The van der Waals surface area contributed by atoms with Gasteiger partial charge in [-0.2, -0.15) is 0 Å². The fourth-order valence-electron chi connectivity index (χ4n) is 3.81. The number of pyridine rings is 1. The number of nitrogens with one attached hydrogen (secondary N) is 2. The molecule has 32 heavy (non-hydrogen) atoms. The summed E-state index contributed by atoms with van der Waals surface area (Å²) in [5.74, 6) is 0.796. The van der Waals surface area contributed by atoms with Crippen molar-refractivity contribution >= 4 is 45.3 Å². The first kappa shape index (κ1) is 22.4. The molecule has 5 nitrogen and oxygen atoms in total. The third kappa shape index (κ3) is 5.50. The zero-order chi connectivity index (χ0) is 22.5. The van der Waals surface area contributed by atoms with Gasteiger partial charge in [0.05, 0.1) is 0 Å². The van der Waals surface area contributed by atoms with Crippen LogP contribution in [0.25, 0.3) is 10.9 Å². The lowest BCUT2D eigenvalue weighted by Gasteiger charge is -2.19. The van der Waals surface area contributed by atoms with Crippen LogP contribution in [0.1, 0.15) is 28.8 Å². The minimum Gasteiger partial charge on any atom is -0.341 e. The molecule has 3 aromatic rings. The molecule has 1 heterocycles. The molecule has 0 saturated carbocycles. The molecule has 1 aromatic heterocycles. The van der Waals surface area contributed by atoms with Gasteiger partial charge in [0, 0.05) is 39.7 Å². The maximum Gasteiger partial charge on any atom is 0.251 e. The maximum absolute atomic E-state index is 13.2. The van der Waals surface area contributed by atoms with Crippen molar-refractivity contribution in [3.8, 4) is 0 Å². The number of aromatic nitrogens is 1. The Balaban J connectivity index is 1.58. The van der Waals surface area contributed by atoms with Gasteiger partial charge in [-0.25, -0.2) is 0 Å². The van der Waals surface area contributed by atoms with Crippen molar-refractivity contribution < 1.29 is 9.59 Å². The van der Waals surface area contributed by atoms with E-state index in [9.17, 15) is 14.4 Å². The van der Waals surface area contributed by atoms with E-state index in [1.807, 2.05) is 24.3 Å². The van der Waals surface area contributed by atoms with Crippen LogP contribution in [0, 0.1) is 5.92 Å². The largest absolute Gasteiger partial charge is 0.341 e. The average Bonchev–Trinajstić information content (AvgIpc) is 3.31. The Labute approximate surface area is 195 Å². The highest BCUT2D eigenvalue weighted by molar-refractivity contribution is 8.13. The molecule has 0 fully saturated rings. The van der Waals surface area contributed by atoms with E-state index in [0.29, 0.717) is 27.8 Å². The summed E-state index contributed by atoms with van der Waals surface area (Å²) in [6.45, 7) is 0. The number of hydrogen-bond acceptors (Lipinski definition) is 4. The Morgan fingerprint density at radius 2 is 1.81 bits per heavy atom. The Morgan fingerprint density at radius 1 is 1.09 bits per heavy atom. The molecule has 0 aliphatic heterocycles. The highest BCUT2D eigenvalue weighted by Gasteiger charge is 2.25. The number of thioether (sulfide) groups is 1. The minimum absolute atomic E-state index is 0.108. The van der Waals surface area contributed by atoms with Gasteiger partial charge in [0.2, 0.25) is 10.7 Å². The molecular weight excluding hydrogens is 444 g/mol. The molecule has 0 radical (unpaired) electrons. The molecule has 7 heteroatoms. The zero-order valence-corrected chi connectivity index (χ0v) is 18.9. The number of hydrogen-bond donors (Lipinski definition) is 2. The molecule has 0 bridgehead atoms. The SMILES string of the molecule is O=C(NC(Cc1cc(=O)[nH]c2ccccc12)C(=O)SCC1CC=CC1)c1ccc(Cl)cc1. The fourth-order valence-corrected chi connectivity index (χ4v) is 4.95. The molecule has 1 aliphatic rings. The average molecular weight is 467 g/mol. The van der Waals surface area contributed by atoms with Gasteiger partial charge in [0.15, 0.2) is 0 Å². The summed E-state index contributed by atoms with van der Waals surface area (Å²) in [5, 5.41) is 4.16. The predicted molar refractivity (Wildman–Crippen MR) is 130 cm³/mol. The molecule has 164 valence electrons. The van der Waals surface area contributed by atoms with Gasteiger partial charge >= 0.3 is 0 Å². The number of fused-ring (bicyclic) bond motifs is 1. The highest BCUT2D eigenvalue weighted by Crippen LogP contribution is 2.25. The Hall–Kier alpha value is -2.83. The van der Waals surface area contributed by atoms with Crippen LogP contribution in [0.3, 0.4) is 0 Å². The van der Waals surface area contributed by atoms with Crippen molar-refractivity contribution in [3.63, 3.8) is 0 Å². The lowest BCUT2D eigenvalue weighted by Crippen LogP contribution is -2.41. The molecule has 1 aliphatic carbocycles. The molecule has 0 spiro atoms. The normalized spacial score (nSPS) is 14.5. The summed E-state index contributed by atoms with van der Waals surface area (Å²) in [4.78, 5) is 41.0. The van der Waals surface area contributed by atoms with Gasteiger partial charge in [-0.05, 0) is 54.7 Å². The van der Waals surface area contributed by atoms with Gasteiger partial charge < -0.3 is 10.3 Å². The molecular formula is C25H23ClN2O3S. The zero-order valence-electron chi connectivity index (χ0n) is 17.3. The molecule has 1 atom stereocenters. The van der Waals surface area contributed by atoms with Crippen LogP contribution < -0.4 is 10.9 Å². The van der Waals surface area contributed by atoms with Gasteiger partial charge in [0.25, 0.3) is 5.91 Å². The third-order valence-corrected chi connectivity index (χ3v) is 6.98. The van der Waals surface area contributed by atoms with Gasteiger partial charge in [-0.3, -0.25) is 14.4 Å². The van der Waals surface area contributed by atoms with Crippen LogP contribution in [0.4, 0.5) is 0 Å². The van der Waals surface area contributed by atoms with E-state index in [-0.39, 0.29) is 23.0 Å². The first-order valence-corrected chi connectivity index (χ1v) is 11.8. The number of carbonyl (C=O) groups excluding carboxylic acids is 2. The number of halogens is 1. The lowest BCUT2D eigenvalue weighted by atomic mass is 10.0. The van der Waals surface area contributed by atoms with Crippen molar-refractivity contribution in [2.24, 2.45) is 5.92 Å². The molecule has 4 rings (SSSR count). The van der Waals surface area contributed by atoms with E-state index in [0.717, 1.165) is 23.8 Å². The van der Waals surface area contributed by atoms with Crippen molar-refractivity contribution in [2.75, 3.05) is 5.75 Å². The van der Waals surface area contributed by atoms with Crippen LogP contribution in [-0.2, 0) is 11.2 Å². The molecule has 0 saturated heterocycles. The van der Waals surface area contributed by atoms with E-state index in [2.05, 4.69) is 22.5 Å². The maximum atomic E-state index is 13.2. The second-order valence-electron chi connectivity index (χ2n) is 7.88. The first-order chi connectivity index (χ1) is 15.5. The summed E-state index contributed by atoms with van der Waals surface area (Å²) >= 11 is 7.18. The lowest BCUT2D eigenvalue weighted by molar-refractivity contribution is -0.112. The molecule has 1 unspecified atom stereocenters. The highest BCUT2D eigenvalue weighted by atomic mass is 35.5. The van der Waals surface area contributed by atoms with Crippen molar-refractivity contribution in [1.29, 1.82) is 0 Å². The van der Waals surface area contributed by atoms with E-state index in [1.165, 1.54) is 17.8 Å². The van der Waals surface area contributed by atoms with Crippen LogP contribution in [0.15, 0.2) is 71.5 Å². The second kappa shape index (κ2) is 10.2. The number of H-pyrrole nitrogens is 1. The summed E-state index contributed by atoms with van der Waals surface area (Å²) in [6, 6.07) is 14.7. The Morgan fingerprint density at radius 3 is 2.56 bits per heavy atom.